The Morgan fingerprint density at radius 1 is 1.56 bits per heavy atom. The summed E-state index contributed by atoms with van der Waals surface area (Å²) in [6.07, 6.45) is 3.59. The number of pyridine rings is 1. The summed E-state index contributed by atoms with van der Waals surface area (Å²) in [4.78, 5) is 17.9. The molecule has 1 amide bonds. The summed E-state index contributed by atoms with van der Waals surface area (Å²) < 4.78 is 0. The maximum atomic E-state index is 12.0. The Bertz CT molecular complexity index is 353. The van der Waals surface area contributed by atoms with Crippen LogP contribution in [-0.4, -0.2) is 40.6 Å². The normalized spacial score (nSPS) is 20.8. The summed E-state index contributed by atoms with van der Waals surface area (Å²) in [5, 5.41) is 9.11. The van der Waals surface area contributed by atoms with Gasteiger partial charge < -0.3 is 10.0 Å². The zero-order valence-electron chi connectivity index (χ0n) is 9.17. The van der Waals surface area contributed by atoms with Gasteiger partial charge in [0.15, 0.2) is 0 Å². The Morgan fingerprint density at radius 2 is 2.44 bits per heavy atom. The van der Waals surface area contributed by atoms with Crippen LogP contribution in [0.1, 0.15) is 23.3 Å². The van der Waals surface area contributed by atoms with E-state index in [1.807, 2.05) is 6.07 Å². The van der Waals surface area contributed by atoms with Gasteiger partial charge in [0.25, 0.3) is 5.91 Å². The number of hydrogen-bond donors (Lipinski definition) is 1. The highest BCUT2D eigenvalue weighted by Gasteiger charge is 2.24. The Hall–Kier alpha value is -1.42. The number of aliphatic hydroxyl groups is 1. The SMILES string of the molecule is O=C(c1ccccn1)N1CCCC(CO)C1. The van der Waals surface area contributed by atoms with Crippen molar-refractivity contribution >= 4 is 5.91 Å². The van der Waals surface area contributed by atoms with E-state index in [0.29, 0.717) is 12.2 Å². The van der Waals surface area contributed by atoms with Gasteiger partial charge in [0.1, 0.15) is 5.69 Å². The van der Waals surface area contributed by atoms with Gasteiger partial charge in [0.2, 0.25) is 0 Å². The molecule has 4 nitrogen and oxygen atoms in total. The Labute approximate surface area is 94.9 Å². The largest absolute Gasteiger partial charge is 0.396 e. The van der Waals surface area contributed by atoms with Crippen molar-refractivity contribution < 1.29 is 9.90 Å². The van der Waals surface area contributed by atoms with Gasteiger partial charge in [-0.1, -0.05) is 6.07 Å². The first kappa shape index (κ1) is 11.1. The summed E-state index contributed by atoms with van der Waals surface area (Å²) in [6.45, 7) is 1.57. The first-order valence-electron chi connectivity index (χ1n) is 5.62. The monoisotopic (exact) mass is 220 g/mol. The maximum absolute atomic E-state index is 12.0. The maximum Gasteiger partial charge on any atom is 0.272 e. The Kier molecular flexibility index (Phi) is 3.51. The zero-order chi connectivity index (χ0) is 11.4. The Balaban J connectivity index is 2.05. The fraction of sp³-hybridized carbons (Fsp3) is 0.500. The number of hydrogen-bond acceptors (Lipinski definition) is 3. The van der Waals surface area contributed by atoms with E-state index in [4.69, 9.17) is 5.11 Å². The highest BCUT2D eigenvalue weighted by atomic mass is 16.3. The van der Waals surface area contributed by atoms with Crippen LogP contribution in [-0.2, 0) is 0 Å². The summed E-state index contributed by atoms with van der Waals surface area (Å²) in [7, 11) is 0. The molecule has 1 aliphatic rings. The third kappa shape index (κ3) is 2.39. The number of carbonyl (C=O) groups is 1. The molecule has 16 heavy (non-hydrogen) atoms. The third-order valence-electron chi connectivity index (χ3n) is 2.95. The summed E-state index contributed by atoms with van der Waals surface area (Å²) in [6, 6.07) is 5.34. The van der Waals surface area contributed by atoms with Crippen LogP contribution in [0.5, 0.6) is 0 Å². The summed E-state index contributed by atoms with van der Waals surface area (Å²) in [5.74, 6) is 0.195. The lowest BCUT2D eigenvalue weighted by molar-refractivity contribution is 0.0615. The lowest BCUT2D eigenvalue weighted by Crippen LogP contribution is -2.41. The molecule has 0 spiro atoms. The van der Waals surface area contributed by atoms with E-state index in [0.717, 1.165) is 19.4 Å². The quantitative estimate of drug-likeness (QED) is 0.806. The number of amides is 1. The summed E-state index contributed by atoms with van der Waals surface area (Å²) in [5.41, 5.74) is 0.487. The third-order valence-corrected chi connectivity index (χ3v) is 2.95. The van der Waals surface area contributed by atoms with Crippen molar-refractivity contribution in [3.8, 4) is 0 Å². The second-order valence-corrected chi connectivity index (χ2v) is 4.16. The molecular formula is C12H16N2O2. The Morgan fingerprint density at radius 3 is 3.12 bits per heavy atom. The molecule has 1 saturated heterocycles. The number of nitrogens with zero attached hydrogens (tertiary/aromatic N) is 2. The van der Waals surface area contributed by atoms with E-state index in [1.54, 1.807) is 23.2 Å². The molecule has 0 aliphatic carbocycles. The predicted octanol–water partition coefficient (Wildman–Crippen LogP) is 0.926. The van der Waals surface area contributed by atoms with Crippen molar-refractivity contribution in [3.05, 3.63) is 30.1 Å². The molecular weight excluding hydrogens is 204 g/mol. The van der Waals surface area contributed by atoms with Crippen LogP contribution < -0.4 is 0 Å². The fourth-order valence-corrected chi connectivity index (χ4v) is 2.05. The van der Waals surface area contributed by atoms with Crippen molar-refractivity contribution in [1.82, 2.24) is 9.88 Å². The standard InChI is InChI=1S/C12H16N2O2/c15-9-10-4-3-7-14(8-10)12(16)11-5-1-2-6-13-11/h1-2,5-6,10,15H,3-4,7-9H2. The van der Waals surface area contributed by atoms with E-state index in [2.05, 4.69) is 4.98 Å². The smallest absolute Gasteiger partial charge is 0.272 e. The second-order valence-electron chi connectivity index (χ2n) is 4.16. The number of likely N-dealkylation sites (tertiary alicyclic amines) is 1. The van der Waals surface area contributed by atoms with Crippen LogP contribution in [0.25, 0.3) is 0 Å². The van der Waals surface area contributed by atoms with Gasteiger partial charge in [-0.15, -0.1) is 0 Å². The van der Waals surface area contributed by atoms with Crippen molar-refractivity contribution in [2.45, 2.75) is 12.8 Å². The van der Waals surface area contributed by atoms with E-state index < -0.39 is 0 Å². The van der Waals surface area contributed by atoms with Crippen LogP contribution >= 0.6 is 0 Å². The molecule has 1 N–H and O–H groups in total. The van der Waals surface area contributed by atoms with Gasteiger partial charge in [0.05, 0.1) is 0 Å². The minimum absolute atomic E-state index is 0.0289. The van der Waals surface area contributed by atoms with Crippen LogP contribution in [0, 0.1) is 5.92 Å². The first-order chi connectivity index (χ1) is 7.81. The van der Waals surface area contributed by atoms with E-state index in [1.165, 1.54) is 0 Å². The van der Waals surface area contributed by atoms with Gasteiger partial charge in [0, 0.05) is 25.9 Å². The molecule has 0 bridgehead atoms. The van der Waals surface area contributed by atoms with E-state index in [9.17, 15) is 4.79 Å². The van der Waals surface area contributed by atoms with Gasteiger partial charge >= 0.3 is 0 Å². The van der Waals surface area contributed by atoms with Gasteiger partial charge in [-0.25, -0.2) is 0 Å². The molecule has 1 aromatic rings. The molecule has 0 radical (unpaired) electrons. The lowest BCUT2D eigenvalue weighted by Gasteiger charge is -2.31. The predicted molar refractivity (Wildman–Crippen MR) is 60.0 cm³/mol. The number of piperidine rings is 1. The topological polar surface area (TPSA) is 53.4 Å². The average Bonchev–Trinajstić information content (AvgIpc) is 2.39. The molecule has 1 fully saturated rings. The molecule has 86 valence electrons. The second kappa shape index (κ2) is 5.07. The molecule has 1 aliphatic heterocycles. The molecule has 1 unspecified atom stereocenters. The number of aliphatic hydroxyl groups excluding tert-OH is 1. The van der Waals surface area contributed by atoms with Crippen molar-refractivity contribution in [3.63, 3.8) is 0 Å². The minimum atomic E-state index is -0.0289. The highest BCUT2D eigenvalue weighted by Crippen LogP contribution is 2.17. The highest BCUT2D eigenvalue weighted by molar-refractivity contribution is 5.92. The van der Waals surface area contributed by atoms with Gasteiger partial charge in [-0.3, -0.25) is 9.78 Å². The molecule has 4 heteroatoms. The molecule has 2 rings (SSSR count). The number of carbonyl (C=O) groups excluding carboxylic acids is 1. The van der Waals surface area contributed by atoms with Gasteiger partial charge in [-0.2, -0.15) is 0 Å². The average molecular weight is 220 g/mol. The van der Waals surface area contributed by atoms with Crippen molar-refractivity contribution in [2.24, 2.45) is 5.92 Å². The number of aromatic nitrogens is 1. The molecule has 0 aromatic carbocycles. The molecule has 0 saturated carbocycles. The fourth-order valence-electron chi connectivity index (χ4n) is 2.05. The first-order valence-corrected chi connectivity index (χ1v) is 5.62. The van der Waals surface area contributed by atoms with E-state index >= 15 is 0 Å². The van der Waals surface area contributed by atoms with Crippen LogP contribution in [0.15, 0.2) is 24.4 Å². The molecule has 1 aromatic heterocycles. The van der Waals surface area contributed by atoms with Crippen LogP contribution in [0.3, 0.4) is 0 Å². The molecule has 1 atom stereocenters. The van der Waals surface area contributed by atoms with Crippen molar-refractivity contribution in [2.75, 3.05) is 19.7 Å². The van der Waals surface area contributed by atoms with Gasteiger partial charge in [-0.05, 0) is 30.9 Å². The lowest BCUT2D eigenvalue weighted by atomic mass is 9.99. The summed E-state index contributed by atoms with van der Waals surface area (Å²) >= 11 is 0. The zero-order valence-corrected chi connectivity index (χ0v) is 9.17. The van der Waals surface area contributed by atoms with E-state index in [-0.39, 0.29) is 18.4 Å². The minimum Gasteiger partial charge on any atom is -0.396 e. The van der Waals surface area contributed by atoms with Crippen LogP contribution in [0.4, 0.5) is 0 Å². The van der Waals surface area contributed by atoms with Crippen LogP contribution in [0.2, 0.25) is 0 Å². The van der Waals surface area contributed by atoms with Crippen molar-refractivity contribution in [1.29, 1.82) is 0 Å². The molecule has 2 heterocycles. The number of rotatable bonds is 2.